The third-order valence-electron chi connectivity index (χ3n) is 12.3. The van der Waals surface area contributed by atoms with Crippen molar-refractivity contribution in [2.45, 2.75) is 31.3 Å². The van der Waals surface area contributed by atoms with Crippen molar-refractivity contribution in [2.24, 2.45) is 5.92 Å². The summed E-state index contributed by atoms with van der Waals surface area (Å²) in [5.74, 6) is 1.51. The first-order chi connectivity index (χ1) is 30.1. The molecule has 0 spiro atoms. The topological polar surface area (TPSA) is 3.24 Å². The van der Waals surface area contributed by atoms with Crippen LogP contribution in [0, 0.1) is 5.92 Å². The smallest absolute Gasteiger partial charge is 0.0814 e. The van der Waals surface area contributed by atoms with Crippen molar-refractivity contribution in [3.8, 4) is 11.1 Å². The number of rotatable bonds is 13. The quantitative estimate of drug-likeness (QED) is 0.105. The van der Waals surface area contributed by atoms with Gasteiger partial charge in [0.15, 0.2) is 0 Å². The molecule has 3 heteroatoms. The first-order valence-corrected chi connectivity index (χ1v) is 27.7. The molecule has 0 aromatic heterocycles. The summed E-state index contributed by atoms with van der Waals surface area (Å²) in [6.45, 7) is 7.31. The second kappa shape index (κ2) is 19.7. The predicted octanol–water partition coefficient (Wildman–Crippen LogP) is 16.4. The summed E-state index contributed by atoms with van der Waals surface area (Å²) in [6, 6.07) is 55.7. The summed E-state index contributed by atoms with van der Waals surface area (Å²) in [7, 11) is -2.36. The Hall–Kier alpha value is -5.48. The van der Waals surface area contributed by atoms with Crippen LogP contribution in [-0.4, -0.2) is 43.6 Å². The van der Waals surface area contributed by atoms with Crippen molar-refractivity contribution >= 4 is 61.8 Å². The van der Waals surface area contributed by atoms with Crippen LogP contribution in [0.1, 0.15) is 66.1 Å². The van der Waals surface area contributed by atoms with E-state index in [0.717, 1.165) is 18.7 Å². The van der Waals surface area contributed by atoms with E-state index < -0.39 is 20.1 Å². The van der Waals surface area contributed by atoms with Gasteiger partial charge in [-0.2, -0.15) is 0 Å². The van der Waals surface area contributed by atoms with Crippen LogP contribution in [0.5, 0.6) is 0 Å². The van der Waals surface area contributed by atoms with E-state index in [4.69, 9.17) is 0 Å². The molecule has 6 aromatic rings. The van der Waals surface area contributed by atoms with Gasteiger partial charge in [-0.3, -0.25) is 0 Å². The van der Waals surface area contributed by atoms with Crippen molar-refractivity contribution in [3.63, 3.8) is 0 Å². The van der Waals surface area contributed by atoms with E-state index >= 15 is 0 Å². The van der Waals surface area contributed by atoms with Gasteiger partial charge in [0.05, 0.1) is 4.08 Å². The van der Waals surface area contributed by atoms with Crippen LogP contribution in [0.3, 0.4) is 0 Å². The number of fused-ring (bicyclic) bond motifs is 3. The van der Waals surface area contributed by atoms with E-state index in [1.807, 2.05) is 13.8 Å². The Balaban J connectivity index is 0.00000285. The Morgan fingerprint density at radius 2 is 0.984 bits per heavy atom. The predicted molar refractivity (Wildman–Crippen MR) is 284 cm³/mol. The van der Waals surface area contributed by atoms with E-state index in [0.29, 0.717) is 5.92 Å². The molecule has 2 aliphatic carbocycles. The maximum absolute atomic E-state index is 2.61. The number of allylic oxidation sites excluding steroid dienone is 4. The molecule has 2 unspecified atom stereocenters. The maximum Gasteiger partial charge on any atom is 0.0814 e. The molecule has 0 heterocycles. The van der Waals surface area contributed by atoms with E-state index in [1.54, 1.807) is 0 Å². The number of hydrogen-bond acceptors (Lipinski definition) is 1. The van der Waals surface area contributed by atoms with Crippen molar-refractivity contribution in [2.75, 3.05) is 48.5 Å². The lowest BCUT2D eigenvalue weighted by atomic mass is 9.94. The first-order valence-electron chi connectivity index (χ1n) is 22.2. The standard InChI is InChI=1S/C57H59NS2.C2H6/c1-7-60(5,6)57(59(2,3)4)55-41-49(31-29-46-22-15-10-16-23-46)34-38-53(55)54-39-37-52(42-56(54)57)58(51-35-32-47(33-36-51)27-26-44-18-11-8-12-19-44)43-50-25-17-24-48(40-50)30-28-45-20-13-9-14-21-45;1-2/h8-24,26-42,50H,7,25,43H2,1-6H3;1-2H3/b27-26+,30-28+,31-29+;. The fraction of sp³-hybridized carbons (Fsp3) is 0.220. The van der Waals surface area contributed by atoms with E-state index in [2.05, 4.69) is 249 Å². The highest BCUT2D eigenvalue weighted by molar-refractivity contribution is 8.49. The van der Waals surface area contributed by atoms with Crippen molar-refractivity contribution in [3.05, 3.63) is 220 Å². The molecule has 318 valence electrons. The molecule has 8 rings (SSSR count). The van der Waals surface area contributed by atoms with Crippen LogP contribution in [0.2, 0.25) is 0 Å². The van der Waals surface area contributed by atoms with Gasteiger partial charge < -0.3 is 4.90 Å². The molecule has 1 nitrogen and oxygen atoms in total. The monoisotopic (exact) mass is 851 g/mol. The van der Waals surface area contributed by atoms with Gasteiger partial charge in [-0.25, -0.2) is 20.1 Å². The normalized spacial score (nSPS) is 17.7. The van der Waals surface area contributed by atoms with Crippen molar-refractivity contribution in [1.82, 2.24) is 0 Å². The van der Waals surface area contributed by atoms with Crippen LogP contribution < -0.4 is 4.90 Å². The molecular weight excluding hydrogens is 787 g/mol. The van der Waals surface area contributed by atoms with E-state index in [9.17, 15) is 0 Å². The molecule has 2 aliphatic rings. The van der Waals surface area contributed by atoms with Crippen LogP contribution in [0.25, 0.3) is 41.5 Å². The zero-order valence-electron chi connectivity index (χ0n) is 38.1. The highest BCUT2D eigenvalue weighted by Gasteiger charge is 2.55. The Bertz CT molecular complexity index is 2570. The second-order valence-corrected chi connectivity index (χ2v) is 26.1. The minimum Gasteiger partial charge on any atom is -0.341 e. The third-order valence-corrected chi connectivity index (χ3v) is 20.8. The van der Waals surface area contributed by atoms with Crippen molar-refractivity contribution in [1.29, 1.82) is 0 Å². The Morgan fingerprint density at radius 1 is 0.532 bits per heavy atom. The number of hydrogen-bond donors (Lipinski definition) is 0. The zero-order chi connectivity index (χ0) is 43.7. The molecular formula is C59H65NS2. The lowest BCUT2D eigenvalue weighted by molar-refractivity contribution is 0.653. The molecule has 0 fully saturated rings. The summed E-state index contributed by atoms with van der Waals surface area (Å²) >= 11 is 0. The molecule has 0 bridgehead atoms. The summed E-state index contributed by atoms with van der Waals surface area (Å²) in [4.78, 5) is 2.60. The molecule has 0 N–H and O–H groups in total. The Morgan fingerprint density at radius 3 is 1.52 bits per heavy atom. The number of anilines is 2. The SMILES string of the molecule is CC.CCS(C)(C)C1(S(C)(C)C)c2cc(/C=C/c3ccccc3)ccc2-c2ccc(N(CC3C=C(/C=C/c4ccccc4)C=CC3)c3ccc(/C=C/c4ccccc4)cc3)cc21. The van der Waals surface area contributed by atoms with E-state index in [1.165, 1.54) is 67.0 Å². The lowest BCUT2D eigenvalue weighted by Gasteiger charge is -2.60. The van der Waals surface area contributed by atoms with Gasteiger partial charge in [0.25, 0.3) is 0 Å². The Labute approximate surface area is 377 Å². The Kier molecular flexibility index (Phi) is 14.2. The fourth-order valence-electron chi connectivity index (χ4n) is 9.30. The molecule has 6 aromatic carbocycles. The van der Waals surface area contributed by atoms with E-state index in [-0.39, 0.29) is 4.08 Å². The van der Waals surface area contributed by atoms with Gasteiger partial charge >= 0.3 is 0 Å². The van der Waals surface area contributed by atoms with Crippen LogP contribution >= 0.6 is 20.1 Å². The first kappa shape index (κ1) is 44.6. The molecule has 0 saturated carbocycles. The third kappa shape index (κ3) is 9.45. The van der Waals surface area contributed by atoms with Gasteiger partial charge in [-0.15, -0.1) is 0 Å². The minimum absolute atomic E-state index is 0.0767. The van der Waals surface area contributed by atoms with Crippen LogP contribution in [0.4, 0.5) is 11.4 Å². The van der Waals surface area contributed by atoms with Crippen LogP contribution in [-0.2, 0) is 4.08 Å². The fourth-order valence-corrected chi connectivity index (χ4v) is 18.7. The summed E-state index contributed by atoms with van der Waals surface area (Å²) < 4.78 is -0.0767. The van der Waals surface area contributed by atoms with Gasteiger partial charge in [-0.05, 0) is 135 Å². The van der Waals surface area contributed by atoms with Gasteiger partial charge in [0.2, 0.25) is 0 Å². The number of benzene rings is 6. The van der Waals surface area contributed by atoms with Gasteiger partial charge in [0, 0.05) is 17.9 Å². The average Bonchev–Trinajstić information content (AvgIpc) is 3.62. The summed E-state index contributed by atoms with van der Waals surface area (Å²) in [6.07, 6.45) is 34.5. The summed E-state index contributed by atoms with van der Waals surface area (Å²) in [5.41, 5.74) is 15.7. The minimum atomic E-state index is -1.19. The average molecular weight is 852 g/mol. The van der Waals surface area contributed by atoms with Crippen LogP contribution in [0.15, 0.2) is 182 Å². The molecule has 0 saturated heterocycles. The molecule has 0 amide bonds. The van der Waals surface area contributed by atoms with Gasteiger partial charge in [-0.1, -0.05) is 197 Å². The van der Waals surface area contributed by atoms with Crippen molar-refractivity contribution < 1.29 is 0 Å². The molecule has 0 aliphatic heterocycles. The number of nitrogens with zero attached hydrogens (tertiary/aromatic N) is 1. The zero-order valence-corrected chi connectivity index (χ0v) is 39.7. The van der Waals surface area contributed by atoms with Gasteiger partial charge in [0.1, 0.15) is 0 Å². The molecule has 2 atom stereocenters. The highest BCUT2D eigenvalue weighted by Crippen LogP contribution is 2.81. The summed E-state index contributed by atoms with van der Waals surface area (Å²) in [5, 5.41) is 0. The molecule has 62 heavy (non-hydrogen) atoms. The highest BCUT2D eigenvalue weighted by atomic mass is 32.3. The largest absolute Gasteiger partial charge is 0.341 e. The lowest BCUT2D eigenvalue weighted by Crippen LogP contribution is -2.37. The maximum atomic E-state index is 2.61. The second-order valence-electron chi connectivity index (χ2n) is 17.3. The molecule has 0 radical (unpaired) electrons.